The third-order valence-electron chi connectivity index (χ3n) is 3.26. The molecule has 0 bridgehead atoms. The summed E-state index contributed by atoms with van der Waals surface area (Å²) in [4.78, 5) is 11.7. The van der Waals surface area contributed by atoms with Crippen molar-refractivity contribution < 1.29 is 14.1 Å². The first-order chi connectivity index (χ1) is 11.7. The normalized spacial score (nSPS) is 10.9. The monoisotopic (exact) mass is 339 g/mol. The number of aromatic nitrogens is 1. The van der Waals surface area contributed by atoms with Gasteiger partial charge in [-0.3, -0.25) is 0 Å². The Balaban J connectivity index is 1.56. The van der Waals surface area contributed by atoms with E-state index in [1.165, 1.54) is 6.08 Å². The summed E-state index contributed by atoms with van der Waals surface area (Å²) in [5, 5.41) is 4.55. The molecule has 0 unspecified atom stereocenters. The molecule has 0 saturated heterocycles. The van der Waals surface area contributed by atoms with Crippen molar-refractivity contribution in [2.45, 2.75) is 6.61 Å². The zero-order valence-electron chi connectivity index (χ0n) is 12.7. The van der Waals surface area contributed by atoms with Crippen molar-refractivity contribution in [1.82, 2.24) is 5.16 Å². The number of hydrogen-bond donors (Lipinski definition) is 0. The molecule has 0 aliphatic rings. The highest BCUT2D eigenvalue weighted by Gasteiger charge is 2.08. The van der Waals surface area contributed by atoms with Crippen molar-refractivity contribution in [3.63, 3.8) is 0 Å². The van der Waals surface area contributed by atoms with Crippen LogP contribution in [-0.4, -0.2) is 11.1 Å². The standard InChI is InChI=1S/C19H14ClNO3/c20-16-9-7-15(8-10-16)18-12-17(21-24-18)13-23-19(22)11-6-14-4-2-1-3-5-14/h1-12H,13H2/b11-6-. The van der Waals surface area contributed by atoms with Crippen LogP contribution in [0.5, 0.6) is 0 Å². The average Bonchev–Trinajstić information content (AvgIpc) is 3.09. The van der Waals surface area contributed by atoms with Crippen LogP contribution in [0.25, 0.3) is 17.4 Å². The minimum absolute atomic E-state index is 0.0506. The van der Waals surface area contributed by atoms with Crippen LogP contribution in [0.2, 0.25) is 5.02 Å². The molecule has 2 aromatic carbocycles. The molecule has 4 nitrogen and oxygen atoms in total. The van der Waals surface area contributed by atoms with E-state index in [-0.39, 0.29) is 6.61 Å². The lowest BCUT2D eigenvalue weighted by Gasteiger charge is -1.97. The fraction of sp³-hybridized carbons (Fsp3) is 0.0526. The Hall–Kier alpha value is -2.85. The van der Waals surface area contributed by atoms with E-state index in [1.807, 2.05) is 42.5 Å². The highest BCUT2D eigenvalue weighted by molar-refractivity contribution is 6.30. The van der Waals surface area contributed by atoms with Gasteiger partial charge >= 0.3 is 5.97 Å². The first kappa shape index (κ1) is 16.0. The maximum atomic E-state index is 11.7. The number of esters is 1. The Morgan fingerprint density at radius 2 is 1.88 bits per heavy atom. The zero-order valence-corrected chi connectivity index (χ0v) is 13.4. The van der Waals surface area contributed by atoms with Crippen LogP contribution in [0.4, 0.5) is 0 Å². The predicted octanol–water partition coefficient (Wildman–Crippen LogP) is 4.75. The molecule has 3 rings (SSSR count). The van der Waals surface area contributed by atoms with Crippen molar-refractivity contribution in [1.29, 1.82) is 0 Å². The molecule has 1 aromatic heterocycles. The Morgan fingerprint density at radius 1 is 1.12 bits per heavy atom. The van der Waals surface area contributed by atoms with Gasteiger partial charge in [0.05, 0.1) is 0 Å². The largest absolute Gasteiger partial charge is 0.456 e. The second kappa shape index (κ2) is 7.62. The van der Waals surface area contributed by atoms with Crippen molar-refractivity contribution in [3.05, 3.63) is 83.0 Å². The van der Waals surface area contributed by atoms with E-state index in [1.54, 1.807) is 24.3 Å². The van der Waals surface area contributed by atoms with E-state index >= 15 is 0 Å². The summed E-state index contributed by atoms with van der Waals surface area (Å²) in [6.07, 6.45) is 3.08. The molecule has 3 aromatic rings. The van der Waals surface area contributed by atoms with E-state index in [2.05, 4.69) is 5.16 Å². The summed E-state index contributed by atoms with van der Waals surface area (Å²) in [6.45, 7) is 0.0506. The maximum Gasteiger partial charge on any atom is 0.331 e. The number of nitrogens with zero attached hydrogens (tertiary/aromatic N) is 1. The van der Waals surface area contributed by atoms with E-state index in [0.717, 1.165) is 11.1 Å². The first-order valence-electron chi connectivity index (χ1n) is 7.32. The van der Waals surface area contributed by atoms with E-state index in [9.17, 15) is 4.79 Å². The van der Waals surface area contributed by atoms with Crippen LogP contribution in [0.1, 0.15) is 11.3 Å². The van der Waals surface area contributed by atoms with Gasteiger partial charge in [0.25, 0.3) is 0 Å². The Labute approximate surface area is 144 Å². The molecule has 0 spiro atoms. The average molecular weight is 340 g/mol. The molecule has 24 heavy (non-hydrogen) atoms. The number of ether oxygens (including phenoxy) is 1. The number of halogens is 1. The van der Waals surface area contributed by atoms with Gasteiger partial charge < -0.3 is 9.26 Å². The highest BCUT2D eigenvalue weighted by atomic mass is 35.5. The lowest BCUT2D eigenvalue weighted by molar-refractivity contribution is -0.139. The molecule has 0 aliphatic carbocycles. The third kappa shape index (κ3) is 4.33. The van der Waals surface area contributed by atoms with Gasteiger partial charge in [0, 0.05) is 22.7 Å². The van der Waals surface area contributed by atoms with E-state index in [0.29, 0.717) is 16.5 Å². The second-order valence-corrected chi connectivity index (χ2v) is 5.48. The molecular weight excluding hydrogens is 326 g/mol. The van der Waals surface area contributed by atoms with Crippen LogP contribution in [0.3, 0.4) is 0 Å². The van der Waals surface area contributed by atoms with Crippen LogP contribution in [0.15, 0.2) is 71.3 Å². The molecule has 5 heteroatoms. The van der Waals surface area contributed by atoms with E-state index in [4.69, 9.17) is 20.9 Å². The minimum Gasteiger partial charge on any atom is -0.456 e. The van der Waals surface area contributed by atoms with Crippen LogP contribution >= 0.6 is 11.6 Å². The minimum atomic E-state index is -0.435. The summed E-state index contributed by atoms with van der Waals surface area (Å²) in [5.74, 6) is 0.160. The predicted molar refractivity (Wildman–Crippen MR) is 92.2 cm³/mol. The molecule has 0 N–H and O–H groups in total. The number of benzene rings is 2. The molecule has 1 heterocycles. The number of carbonyl (C=O) groups is 1. The van der Waals surface area contributed by atoms with Gasteiger partial charge in [-0.05, 0) is 35.9 Å². The smallest absolute Gasteiger partial charge is 0.331 e. The van der Waals surface area contributed by atoms with Gasteiger partial charge in [-0.2, -0.15) is 0 Å². The fourth-order valence-corrected chi connectivity index (χ4v) is 2.18. The molecule has 120 valence electrons. The van der Waals surface area contributed by atoms with Gasteiger partial charge in [-0.15, -0.1) is 0 Å². The van der Waals surface area contributed by atoms with Gasteiger partial charge in [0.15, 0.2) is 5.76 Å². The number of carbonyl (C=O) groups excluding carboxylic acids is 1. The van der Waals surface area contributed by atoms with E-state index < -0.39 is 5.97 Å². The summed E-state index contributed by atoms with van der Waals surface area (Å²) >= 11 is 5.85. The van der Waals surface area contributed by atoms with Gasteiger partial charge in [-0.25, -0.2) is 4.79 Å². The summed E-state index contributed by atoms with van der Waals surface area (Å²) in [5.41, 5.74) is 2.33. The third-order valence-corrected chi connectivity index (χ3v) is 3.51. The lowest BCUT2D eigenvalue weighted by Crippen LogP contribution is -2.00. The lowest BCUT2D eigenvalue weighted by atomic mass is 10.2. The number of hydrogen-bond acceptors (Lipinski definition) is 4. The maximum absolute atomic E-state index is 11.7. The molecule has 0 aliphatic heterocycles. The molecule has 0 fully saturated rings. The summed E-state index contributed by atoms with van der Waals surface area (Å²) in [7, 11) is 0. The van der Waals surface area contributed by atoms with Crippen LogP contribution in [-0.2, 0) is 16.1 Å². The second-order valence-electron chi connectivity index (χ2n) is 5.04. The number of rotatable bonds is 5. The topological polar surface area (TPSA) is 52.3 Å². The molecule has 0 atom stereocenters. The Bertz CT molecular complexity index is 839. The molecular formula is C19H14ClNO3. The van der Waals surface area contributed by atoms with Gasteiger partial charge in [0.1, 0.15) is 12.3 Å². The van der Waals surface area contributed by atoms with Crippen molar-refractivity contribution in [3.8, 4) is 11.3 Å². The molecule has 0 amide bonds. The van der Waals surface area contributed by atoms with Crippen LogP contribution < -0.4 is 0 Å². The van der Waals surface area contributed by atoms with Crippen molar-refractivity contribution in [2.24, 2.45) is 0 Å². The zero-order chi connectivity index (χ0) is 16.8. The van der Waals surface area contributed by atoms with Crippen LogP contribution in [0, 0.1) is 0 Å². The molecule has 0 radical (unpaired) electrons. The quantitative estimate of drug-likeness (QED) is 0.497. The highest BCUT2D eigenvalue weighted by Crippen LogP contribution is 2.22. The van der Waals surface area contributed by atoms with Crippen molar-refractivity contribution >= 4 is 23.6 Å². The Kier molecular flexibility index (Phi) is 5.08. The summed E-state index contributed by atoms with van der Waals surface area (Å²) < 4.78 is 10.4. The summed E-state index contributed by atoms with van der Waals surface area (Å²) in [6, 6.07) is 18.5. The molecule has 0 saturated carbocycles. The fourth-order valence-electron chi connectivity index (χ4n) is 2.05. The van der Waals surface area contributed by atoms with Crippen molar-refractivity contribution in [2.75, 3.05) is 0 Å². The van der Waals surface area contributed by atoms with Gasteiger partial charge in [-0.1, -0.05) is 47.1 Å². The SMILES string of the molecule is O=C(/C=C\c1ccccc1)OCc1cc(-c2ccc(Cl)cc2)on1. The Morgan fingerprint density at radius 3 is 2.62 bits per heavy atom. The first-order valence-corrected chi connectivity index (χ1v) is 7.70. The van der Waals surface area contributed by atoms with Gasteiger partial charge in [0.2, 0.25) is 0 Å².